The van der Waals surface area contributed by atoms with Crippen molar-refractivity contribution in [3.8, 4) is 11.1 Å². The topological polar surface area (TPSA) is 29.1 Å². The van der Waals surface area contributed by atoms with Gasteiger partial charge in [0.15, 0.2) is 0 Å². The molecule has 0 unspecified atom stereocenters. The molecule has 3 rings (SSSR count). The van der Waals surface area contributed by atoms with Gasteiger partial charge in [0.25, 0.3) is 0 Å². The number of fused-ring (bicyclic) bond motifs is 1. The third-order valence-electron chi connectivity index (χ3n) is 3.61. The van der Waals surface area contributed by atoms with Crippen molar-refractivity contribution < 1.29 is 18.0 Å². The maximum atomic E-state index is 13.0. The van der Waals surface area contributed by atoms with Crippen LogP contribution in [0.25, 0.3) is 11.1 Å². The van der Waals surface area contributed by atoms with E-state index in [0.29, 0.717) is 24.0 Å². The van der Waals surface area contributed by atoms with E-state index in [1.165, 1.54) is 6.07 Å². The van der Waals surface area contributed by atoms with Gasteiger partial charge in [-0.05, 0) is 47.4 Å². The first kappa shape index (κ1) is 15.1. The number of hydrogen-bond donors (Lipinski definition) is 1. The molecule has 0 fully saturated rings. The van der Waals surface area contributed by atoms with Gasteiger partial charge < -0.3 is 5.32 Å². The fraction of sp³-hybridized carbons (Fsp3) is 0.188. The zero-order valence-electron chi connectivity index (χ0n) is 11.3. The minimum atomic E-state index is -4.41. The number of anilines is 1. The van der Waals surface area contributed by atoms with Gasteiger partial charge in [-0.1, -0.05) is 28.1 Å². The SMILES string of the molecule is O=C1CCc2cc(-c3ccc(Br)c(C(F)(F)F)c3)ccc2N1. The van der Waals surface area contributed by atoms with Crippen molar-refractivity contribution in [3.63, 3.8) is 0 Å². The normalized spacial score (nSPS) is 14.5. The van der Waals surface area contributed by atoms with Crippen LogP contribution in [0.3, 0.4) is 0 Å². The first-order valence-electron chi connectivity index (χ1n) is 6.64. The van der Waals surface area contributed by atoms with Gasteiger partial charge in [0, 0.05) is 16.6 Å². The lowest BCUT2D eigenvalue weighted by Gasteiger charge is -2.18. The summed E-state index contributed by atoms with van der Waals surface area (Å²) in [6.07, 6.45) is -3.42. The number of hydrogen-bond acceptors (Lipinski definition) is 1. The molecule has 2 aromatic carbocycles. The van der Waals surface area contributed by atoms with Crippen molar-refractivity contribution >= 4 is 27.5 Å². The summed E-state index contributed by atoms with van der Waals surface area (Å²) in [5.41, 5.74) is 2.17. The molecule has 1 amide bonds. The van der Waals surface area contributed by atoms with E-state index in [9.17, 15) is 18.0 Å². The lowest BCUT2D eigenvalue weighted by atomic mass is 9.96. The first-order chi connectivity index (χ1) is 10.3. The highest BCUT2D eigenvalue weighted by Crippen LogP contribution is 2.38. The lowest BCUT2D eigenvalue weighted by Crippen LogP contribution is -2.18. The summed E-state index contributed by atoms with van der Waals surface area (Å²) in [5.74, 6) is -0.0387. The van der Waals surface area contributed by atoms with E-state index in [-0.39, 0.29) is 10.4 Å². The van der Waals surface area contributed by atoms with Crippen molar-refractivity contribution in [2.45, 2.75) is 19.0 Å². The Morgan fingerprint density at radius 3 is 2.41 bits per heavy atom. The van der Waals surface area contributed by atoms with E-state index in [0.717, 1.165) is 17.3 Å². The Kier molecular flexibility index (Phi) is 3.72. The molecule has 0 saturated heterocycles. The molecule has 1 heterocycles. The first-order valence-corrected chi connectivity index (χ1v) is 7.44. The van der Waals surface area contributed by atoms with Crippen LogP contribution in [0.4, 0.5) is 18.9 Å². The van der Waals surface area contributed by atoms with E-state index in [4.69, 9.17) is 0 Å². The fourth-order valence-electron chi connectivity index (χ4n) is 2.49. The van der Waals surface area contributed by atoms with Crippen molar-refractivity contribution in [2.75, 3.05) is 5.32 Å². The molecule has 22 heavy (non-hydrogen) atoms. The highest BCUT2D eigenvalue weighted by molar-refractivity contribution is 9.10. The van der Waals surface area contributed by atoms with Crippen LogP contribution in [0.5, 0.6) is 0 Å². The van der Waals surface area contributed by atoms with Crippen LogP contribution in [-0.2, 0) is 17.4 Å². The summed E-state index contributed by atoms with van der Waals surface area (Å²) in [6.45, 7) is 0. The van der Waals surface area contributed by atoms with Gasteiger partial charge in [0.2, 0.25) is 5.91 Å². The highest BCUT2D eigenvalue weighted by atomic mass is 79.9. The van der Waals surface area contributed by atoms with Gasteiger partial charge >= 0.3 is 6.18 Å². The zero-order chi connectivity index (χ0) is 15.9. The van der Waals surface area contributed by atoms with E-state index in [1.54, 1.807) is 18.2 Å². The number of aryl methyl sites for hydroxylation is 1. The van der Waals surface area contributed by atoms with Crippen LogP contribution >= 0.6 is 15.9 Å². The van der Waals surface area contributed by atoms with Gasteiger partial charge in [-0.15, -0.1) is 0 Å². The van der Waals surface area contributed by atoms with E-state index in [2.05, 4.69) is 21.2 Å². The molecule has 0 aliphatic carbocycles. The predicted molar refractivity (Wildman–Crippen MR) is 81.5 cm³/mol. The molecule has 0 bridgehead atoms. The molecule has 0 radical (unpaired) electrons. The smallest absolute Gasteiger partial charge is 0.326 e. The minimum Gasteiger partial charge on any atom is -0.326 e. The van der Waals surface area contributed by atoms with Crippen LogP contribution < -0.4 is 5.32 Å². The van der Waals surface area contributed by atoms with Crippen LogP contribution in [0.1, 0.15) is 17.5 Å². The molecule has 2 aromatic rings. The van der Waals surface area contributed by atoms with E-state index < -0.39 is 11.7 Å². The summed E-state index contributed by atoms with van der Waals surface area (Å²) in [6, 6.07) is 9.46. The lowest BCUT2D eigenvalue weighted by molar-refractivity contribution is -0.138. The number of carbonyl (C=O) groups excluding carboxylic acids is 1. The molecular weight excluding hydrogens is 359 g/mol. The standard InChI is InChI=1S/C16H11BrF3NO/c17-13-4-1-10(8-12(13)16(18,19)20)9-2-5-14-11(7-9)3-6-15(22)21-14/h1-2,4-5,7-8H,3,6H2,(H,21,22). The largest absolute Gasteiger partial charge is 0.417 e. The second kappa shape index (κ2) is 5.43. The quantitative estimate of drug-likeness (QED) is 0.751. The zero-order valence-corrected chi connectivity index (χ0v) is 12.9. The van der Waals surface area contributed by atoms with Gasteiger partial charge in [-0.3, -0.25) is 4.79 Å². The molecule has 1 aliphatic rings. The third-order valence-corrected chi connectivity index (χ3v) is 4.30. The van der Waals surface area contributed by atoms with Crippen molar-refractivity contribution in [2.24, 2.45) is 0 Å². The molecule has 0 saturated carbocycles. The highest BCUT2D eigenvalue weighted by Gasteiger charge is 2.33. The van der Waals surface area contributed by atoms with Crippen molar-refractivity contribution in [3.05, 3.63) is 52.0 Å². The Morgan fingerprint density at radius 1 is 1.00 bits per heavy atom. The fourth-order valence-corrected chi connectivity index (χ4v) is 2.96. The maximum Gasteiger partial charge on any atom is 0.417 e. The Morgan fingerprint density at radius 2 is 1.68 bits per heavy atom. The summed E-state index contributed by atoms with van der Waals surface area (Å²) in [5, 5.41) is 2.76. The van der Waals surface area contributed by atoms with Crippen molar-refractivity contribution in [1.82, 2.24) is 0 Å². The van der Waals surface area contributed by atoms with Gasteiger partial charge in [-0.25, -0.2) is 0 Å². The van der Waals surface area contributed by atoms with Crippen LogP contribution in [0.15, 0.2) is 40.9 Å². The molecule has 0 atom stereocenters. The molecule has 114 valence electrons. The molecule has 0 aromatic heterocycles. The molecule has 1 N–H and O–H groups in total. The number of alkyl halides is 3. The predicted octanol–water partition coefficient (Wildman–Crippen LogP) is 5.02. The van der Waals surface area contributed by atoms with Crippen LogP contribution in [-0.4, -0.2) is 5.91 Å². The third kappa shape index (κ3) is 2.88. The van der Waals surface area contributed by atoms with Crippen molar-refractivity contribution in [1.29, 1.82) is 0 Å². The van der Waals surface area contributed by atoms with E-state index in [1.807, 2.05) is 6.07 Å². The second-order valence-corrected chi connectivity index (χ2v) is 5.97. The van der Waals surface area contributed by atoms with Gasteiger partial charge in [0.05, 0.1) is 5.56 Å². The summed E-state index contributed by atoms with van der Waals surface area (Å²) < 4.78 is 39.0. The summed E-state index contributed by atoms with van der Waals surface area (Å²) >= 11 is 2.94. The number of amides is 1. The number of carbonyl (C=O) groups is 1. The number of halogens is 4. The van der Waals surface area contributed by atoms with Gasteiger partial charge in [-0.2, -0.15) is 13.2 Å². The minimum absolute atomic E-state index is 0.0222. The number of rotatable bonds is 1. The maximum absolute atomic E-state index is 13.0. The van der Waals surface area contributed by atoms with Gasteiger partial charge in [0.1, 0.15) is 0 Å². The Hall–Kier alpha value is -1.82. The molecular formula is C16H11BrF3NO. The Bertz CT molecular complexity index is 756. The monoisotopic (exact) mass is 369 g/mol. The number of nitrogens with one attached hydrogen (secondary N) is 1. The van der Waals surface area contributed by atoms with E-state index >= 15 is 0 Å². The summed E-state index contributed by atoms with van der Waals surface area (Å²) in [4.78, 5) is 11.3. The Labute approximate surface area is 133 Å². The summed E-state index contributed by atoms with van der Waals surface area (Å²) in [7, 11) is 0. The number of benzene rings is 2. The average molecular weight is 370 g/mol. The molecule has 2 nitrogen and oxygen atoms in total. The second-order valence-electron chi connectivity index (χ2n) is 5.11. The Balaban J connectivity index is 2.03. The average Bonchev–Trinajstić information content (AvgIpc) is 2.46. The van der Waals surface area contributed by atoms with Crippen LogP contribution in [0.2, 0.25) is 0 Å². The molecule has 6 heteroatoms. The molecule has 1 aliphatic heterocycles. The van der Waals surface area contributed by atoms with Crippen LogP contribution in [0, 0.1) is 0 Å². The molecule has 0 spiro atoms.